The van der Waals surface area contributed by atoms with Crippen molar-refractivity contribution < 1.29 is 4.79 Å². The lowest BCUT2D eigenvalue weighted by Crippen LogP contribution is -2.29. The summed E-state index contributed by atoms with van der Waals surface area (Å²) in [6.45, 7) is 8.56. The largest absolute Gasteiger partial charge is 0.384 e. The molecule has 1 aliphatic carbocycles. The number of hydrogen-bond acceptors (Lipinski definition) is 2. The fraction of sp³-hybridized carbons (Fsp3) is 0.545. The van der Waals surface area contributed by atoms with E-state index in [-0.39, 0.29) is 11.2 Å². The number of carbonyl (C=O) groups is 1. The SMILES string of the molecule is C=CCNC1=C(Br)C(=O)CC(C)(C)C1. The van der Waals surface area contributed by atoms with Crippen molar-refractivity contribution in [1.82, 2.24) is 5.32 Å². The second kappa shape index (κ2) is 4.30. The van der Waals surface area contributed by atoms with Gasteiger partial charge in [-0.1, -0.05) is 19.9 Å². The summed E-state index contributed by atoms with van der Waals surface area (Å²) in [6.07, 6.45) is 3.32. The second-order valence-electron chi connectivity index (χ2n) is 4.40. The zero-order valence-corrected chi connectivity index (χ0v) is 10.3. The van der Waals surface area contributed by atoms with Gasteiger partial charge in [-0.2, -0.15) is 0 Å². The lowest BCUT2D eigenvalue weighted by atomic mass is 9.79. The molecule has 0 aromatic rings. The van der Waals surface area contributed by atoms with Crippen LogP contribution < -0.4 is 5.32 Å². The third-order valence-corrected chi connectivity index (χ3v) is 3.18. The first-order chi connectivity index (χ1) is 6.46. The maximum atomic E-state index is 11.6. The Balaban J connectivity index is 2.83. The highest BCUT2D eigenvalue weighted by molar-refractivity contribution is 9.12. The van der Waals surface area contributed by atoms with Crippen LogP contribution in [-0.2, 0) is 4.79 Å². The zero-order valence-electron chi connectivity index (χ0n) is 8.69. The fourth-order valence-corrected chi connectivity index (χ4v) is 2.06. The van der Waals surface area contributed by atoms with Crippen LogP contribution in [0.3, 0.4) is 0 Å². The van der Waals surface area contributed by atoms with Crippen LogP contribution in [0.1, 0.15) is 26.7 Å². The Morgan fingerprint density at radius 1 is 1.57 bits per heavy atom. The smallest absolute Gasteiger partial charge is 0.172 e. The monoisotopic (exact) mass is 257 g/mol. The van der Waals surface area contributed by atoms with Crippen LogP contribution in [0, 0.1) is 5.41 Å². The van der Waals surface area contributed by atoms with Gasteiger partial charge in [0, 0.05) is 18.7 Å². The van der Waals surface area contributed by atoms with Gasteiger partial charge in [0.2, 0.25) is 0 Å². The summed E-state index contributed by atoms with van der Waals surface area (Å²) in [4.78, 5) is 11.6. The highest BCUT2D eigenvalue weighted by Crippen LogP contribution is 2.37. The van der Waals surface area contributed by atoms with E-state index in [1.165, 1.54) is 0 Å². The number of nitrogens with one attached hydrogen (secondary N) is 1. The van der Waals surface area contributed by atoms with E-state index in [0.717, 1.165) is 12.1 Å². The van der Waals surface area contributed by atoms with Crippen molar-refractivity contribution in [3.63, 3.8) is 0 Å². The molecule has 0 aromatic heterocycles. The standard InChI is InChI=1S/C11H16BrNO/c1-4-5-13-8-6-11(2,3)7-9(14)10(8)12/h4,13H,1,5-7H2,2-3H3. The summed E-state index contributed by atoms with van der Waals surface area (Å²) < 4.78 is 0.707. The van der Waals surface area contributed by atoms with E-state index >= 15 is 0 Å². The maximum Gasteiger partial charge on any atom is 0.172 e. The van der Waals surface area contributed by atoms with Gasteiger partial charge in [-0.25, -0.2) is 0 Å². The molecule has 0 radical (unpaired) electrons. The Kier molecular flexibility index (Phi) is 3.53. The summed E-state index contributed by atoms with van der Waals surface area (Å²) >= 11 is 3.34. The second-order valence-corrected chi connectivity index (χ2v) is 5.20. The van der Waals surface area contributed by atoms with E-state index in [9.17, 15) is 4.79 Å². The predicted molar refractivity (Wildman–Crippen MR) is 62.2 cm³/mol. The van der Waals surface area contributed by atoms with E-state index in [1.807, 2.05) is 0 Å². The number of halogens is 1. The highest BCUT2D eigenvalue weighted by atomic mass is 79.9. The van der Waals surface area contributed by atoms with Gasteiger partial charge in [0.25, 0.3) is 0 Å². The first-order valence-electron chi connectivity index (χ1n) is 4.73. The molecule has 0 unspecified atom stereocenters. The molecule has 0 saturated heterocycles. The zero-order chi connectivity index (χ0) is 10.8. The molecule has 0 atom stereocenters. The molecule has 1 rings (SSSR count). The molecule has 14 heavy (non-hydrogen) atoms. The molecule has 1 N–H and O–H groups in total. The van der Waals surface area contributed by atoms with E-state index in [4.69, 9.17) is 0 Å². The number of ketones is 1. The van der Waals surface area contributed by atoms with Crippen molar-refractivity contribution in [3.05, 3.63) is 22.8 Å². The van der Waals surface area contributed by atoms with Crippen molar-refractivity contribution >= 4 is 21.7 Å². The topological polar surface area (TPSA) is 29.1 Å². The Morgan fingerprint density at radius 2 is 2.21 bits per heavy atom. The van der Waals surface area contributed by atoms with Crippen LogP contribution in [0.15, 0.2) is 22.8 Å². The van der Waals surface area contributed by atoms with Crippen molar-refractivity contribution in [1.29, 1.82) is 0 Å². The molecular formula is C11H16BrNO. The minimum Gasteiger partial charge on any atom is -0.384 e. The van der Waals surface area contributed by atoms with E-state index in [0.29, 0.717) is 17.4 Å². The molecular weight excluding hydrogens is 242 g/mol. The number of allylic oxidation sites excluding steroid dienone is 2. The van der Waals surface area contributed by atoms with Crippen LogP contribution in [0.25, 0.3) is 0 Å². The molecule has 0 saturated carbocycles. The van der Waals surface area contributed by atoms with Gasteiger partial charge in [-0.15, -0.1) is 6.58 Å². The lowest BCUT2D eigenvalue weighted by molar-refractivity contribution is -0.117. The fourth-order valence-electron chi connectivity index (χ4n) is 1.63. The molecule has 0 fully saturated rings. The summed E-state index contributed by atoms with van der Waals surface area (Å²) in [5, 5.41) is 3.20. The Hall–Kier alpha value is -0.570. The summed E-state index contributed by atoms with van der Waals surface area (Å²) in [5.41, 5.74) is 1.07. The maximum absolute atomic E-state index is 11.6. The van der Waals surface area contributed by atoms with Gasteiger partial charge >= 0.3 is 0 Å². The molecule has 0 spiro atoms. The number of rotatable bonds is 3. The molecule has 0 heterocycles. The Morgan fingerprint density at radius 3 is 2.79 bits per heavy atom. The van der Waals surface area contributed by atoms with E-state index in [1.54, 1.807) is 6.08 Å². The van der Waals surface area contributed by atoms with Crippen LogP contribution >= 0.6 is 15.9 Å². The molecule has 3 heteroatoms. The molecule has 0 aromatic carbocycles. The van der Waals surface area contributed by atoms with Gasteiger partial charge in [0.05, 0.1) is 4.48 Å². The van der Waals surface area contributed by atoms with E-state index < -0.39 is 0 Å². The molecule has 0 aliphatic heterocycles. The van der Waals surface area contributed by atoms with Crippen LogP contribution in [0.2, 0.25) is 0 Å². The molecule has 1 aliphatic rings. The van der Waals surface area contributed by atoms with E-state index in [2.05, 4.69) is 41.7 Å². The van der Waals surface area contributed by atoms with Crippen molar-refractivity contribution in [2.75, 3.05) is 6.54 Å². The average molecular weight is 258 g/mol. The van der Waals surface area contributed by atoms with Crippen molar-refractivity contribution in [2.45, 2.75) is 26.7 Å². The number of hydrogen-bond donors (Lipinski definition) is 1. The van der Waals surface area contributed by atoms with Crippen LogP contribution in [-0.4, -0.2) is 12.3 Å². The molecule has 2 nitrogen and oxygen atoms in total. The quantitative estimate of drug-likeness (QED) is 0.788. The molecule has 0 bridgehead atoms. The normalized spacial score (nSPS) is 20.9. The number of Topliss-reactive ketones (excluding diaryl/α,β-unsaturated/α-hetero) is 1. The van der Waals surface area contributed by atoms with Crippen LogP contribution in [0.5, 0.6) is 0 Å². The molecule has 0 amide bonds. The van der Waals surface area contributed by atoms with Gasteiger partial charge < -0.3 is 5.32 Å². The first-order valence-corrected chi connectivity index (χ1v) is 5.52. The minimum atomic E-state index is 0.0673. The summed E-state index contributed by atoms with van der Waals surface area (Å²) in [6, 6.07) is 0. The van der Waals surface area contributed by atoms with Crippen molar-refractivity contribution in [2.24, 2.45) is 5.41 Å². The average Bonchev–Trinajstić information content (AvgIpc) is 2.08. The summed E-state index contributed by atoms with van der Waals surface area (Å²) in [7, 11) is 0. The lowest BCUT2D eigenvalue weighted by Gasteiger charge is -2.30. The number of carbonyl (C=O) groups excluding carboxylic acids is 1. The Bertz CT molecular complexity index is 292. The van der Waals surface area contributed by atoms with Crippen LogP contribution in [0.4, 0.5) is 0 Å². The van der Waals surface area contributed by atoms with Gasteiger partial charge in [0.15, 0.2) is 5.78 Å². The van der Waals surface area contributed by atoms with Gasteiger partial charge in [-0.05, 0) is 27.8 Å². The molecule has 78 valence electrons. The third kappa shape index (κ3) is 2.71. The third-order valence-electron chi connectivity index (χ3n) is 2.26. The Labute approximate surface area is 93.6 Å². The minimum absolute atomic E-state index is 0.0673. The predicted octanol–water partition coefficient (Wildman–Crippen LogP) is 2.76. The first kappa shape index (κ1) is 11.5. The van der Waals surface area contributed by atoms with Gasteiger partial charge in [0.1, 0.15) is 0 Å². The summed E-state index contributed by atoms with van der Waals surface area (Å²) in [5.74, 6) is 0.188. The van der Waals surface area contributed by atoms with Crippen molar-refractivity contribution in [3.8, 4) is 0 Å². The van der Waals surface area contributed by atoms with Gasteiger partial charge in [-0.3, -0.25) is 4.79 Å². The highest BCUT2D eigenvalue weighted by Gasteiger charge is 2.31.